The molecule has 1 amide bonds. The van der Waals surface area contributed by atoms with Crippen molar-refractivity contribution in [2.45, 2.75) is 12.5 Å². The molecule has 2 aromatic carbocycles. The van der Waals surface area contributed by atoms with Gasteiger partial charge in [0.1, 0.15) is 5.75 Å². The lowest BCUT2D eigenvalue weighted by atomic mass is 10.0. The highest BCUT2D eigenvalue weighted by Gasteiger charge is 2.29. The van der Waals surface area contributed by atoms with Crippen LogP contribution in [-0.4, -0.2) is 24.8 Å². The van der Waals surface area contributed by atoms with Crippen molar-refractivity contribution in [3.63, 3.8) is 0 Å². The average Bonchev–Trinajstić information content (AvgIpc) is 3.13. The molecule has 0 aromatic heterocycles. The first-order chi connectivity index (χ1) is 11.7. The van der Waals surface area contributed by atoms with E-state index in [1.165, 1.54) is 0 Å². The molecule has 1 heterocycles. The molecule has 1 aliphatic rings. The molecule has 1 aliphatic heterocycles. The quantitative estimate of drug-likeness (QED) is 0.938. The minimum Gasteiger partial charge on any atom is -0.497 e. The van der Waals surface area contributed by atoms with Crippen LogP contribution in [-0.2, 0) is 9.63 Å². The summed E-state index contributed by atoms with van der Waals surface area (Å²) < 4.78 is 5.19. The number of hydrogen-bond donors (Lipinski definition) is 1. The number of amides is 1. The van der Waals surface area contributed by atoms with Crippen LogP contribution in [0.25, 0.3) is 0 Å². The fourth-order valence-electron chi connectivity index (χ4n) is 2.34. The number of oxime groups is 1. The molecule has 0 aliphatic carbocycles. The lowest BCUT2D eigenvalue weighted by Crippen LogP contribution is -2.28. The predicted molar refractivity (Wildman–Crippen MR) is 88.8 cm³/mol. The zero-order valence-corrected chi connectivity index (χ0v) is 13.0. The third-order valence-corrected chi connectivity index (χ3v) is 3.65. The van der Waals surface area contributed by atoms with Gasteiger partial charge < -0.3 is 14.9 Å². The molecule has 1 N–H and O–H groups in total. The Labute approximate surface area is 139 Å². The number of hydrogen-bond acceptors (Lipinski definition) is 5. The van der Waals surface area contributed by atoms with Crippen molar-refractivity contribution in [3.05, 3.63) is 59.7 Å². The van der Waals surface area contributed by atoms with Crippen LogP contribution in [0.5, 0.6) is 5.75 Å². The monoisotopic (exact) mass is 321 g/mol. The van der Waals surface area contributed by atoms with Crippen molar-refractivity contribution < 1.29 is 14.4 Å². The Morgan fingerprint density at radius 1 is 1.33 bits per heavy atom. The fraction of sp³-hybridized carbons (Fsp3) is 0.167. The number of methoxy groups -OCH3 is 1. The second-order valence-electron chi connectivity index (χ2n) is 5.25. The average molecular weight is 321 g/mol. The number of nitrogens with zero attached hydrogens (tertiary/aromatic N) is 2. The van der Waals surface area contributed by atoms with Gasteiger partial charge in [-0.25, -0.2) is 0 Å². The number of benzene rings is 2. The molecule has 24 heavy (non-hydrogen) atoms. The largest absolute Gasteiger partial charge is 0.497 e. The zero-order valence-electron chi connectivity index (χ0n) is 13.0. The highest BCUT2D eigenvalue weighted by Crippen LogP contribution is 2.21. The van der Waals surface area contributed by atoms with Gasteiger partial charge in [-0.1, -0.05) is 17.3 Å². The Morgan fingerprint density at radius 2 is 2.12 bits per heavy atom. The molecule has 1 unspecified atom stereocenters. The normalized spacial score (nSPS) is 15.8. The first-order valence-electron chi connectivity index (χ1n) is 7.38. The maximum atomic E-state index is 12.3. The number of carbonyl (C=O) groups excluding carboxylic acids is 1. The molecule has 6 nitrogen and oxygen atoms in total. The van der Waals surface area contributed by atoms with Gasteiger partial charge in [0, 0.05) is 17.7 Å². The third-order valence-electron chi connectivity index (χ3n) is 3.65. The van der Waals surface area contributed by atoms with E-state index in [-0.39, 0.29) is 5.91 Å². The van der Waals surface area contributed by atoms with Gasteiger partial charge in [0.15, 0.2) is 0 Å². The second kappa shape index (κ2) is 6.84. The van der Waals surface area contributed by atoms with Crippen LogP contribution in [0.1, 0.15) is 17.5 Å². The van der Waals surface area contributed by atoms with E-state index in [9.17, 15) is 4.79 Å². The first kappa shape index (κ1) is 15.6. The highest BCUT2D eigenvalue weighted by molar-refractivity contribution is 6.06. The molecule has 3 rings (SSSR count). The van der Waals surface area contributed by atoms with Gasteiger partial charge >= 0.3 is 0 Å². The predicted octanol–water partition coefficient (Wildman–Crippen LogP) is 2.70. The minimum absolute atomic E-state index is 0.277. The second-order valence-corrected chi connectivity index (χ2v) is 5.25. The minimum atomic E-state index is -0.679. The topological polar surface area (TPSA) is 83.7 Å². The summed E-state index contributed by atoms with van der Waals surface area (Å²) in [6.07, 6.45) is -0.295. The SMILES string of the molecule is COc1cccc(C2=NOC(C(=O)Nc3ccc(C#N)cc3)C2)c1. The van der Waals surface area contributed by atoms with Crippen molar-refractivity contribution in [3.8, 4) is 11.8 Å². The summed E-state index contributed by atoms with van der Waals surface area (Å²) >= 11 is 0. The summed E-state index contributed by atoms with van der Waals surface area (Å²) in [5, 5.41) is 15.5. The highest BCUT2D eigenvalue weighted by atomic mass is 16.6. The Balaban J connectivity index is 1.63. The molecule has 120 valence electrons. The van der Waals surface area contributed by atoms with E-state index < -0.39 is 6.10 Å². The smallest absolute Gasteiger partial charge is 0.268 e. The van der Waals surface area contributed by atoms with Gasteiger partial charge in [-0.05, 0) is 36.4 Å². The summed E-state index contributed by atoms with van der Waals surface area (Å²) in [7, 11) is 1.60. The van der Waals surface area contributed by atoms with Gasteiger partial charge in [0.25, 0.3) is 5.91 Å². The van der Waals surface area contributed by atoms with E-state index in [1.54, 1.807) is 31.4 Å². The number of anilines is 1. The van der Waals surface area contributed by atoms with E-state index in [0.717, 1.165) is 11.3 Å². The Kier molecular flexibility index (Phi) is 4.43. The third kappa shape index (κ3) is 3.36. The standard InChI is InChI=1S/C18H15N3O3/c1-23-15-4-2-3-13(9-15)16-10-17(24-21-16)18(22)20-14-7-5-12(11-19)6-8-14/h2-9,17H,10H2,1H3,(H,20,22). The number of ether oxygens (including phenoxy) is 1. The molecule has 2 aromatic rings. The van der Waals surface area contributed by atoms with E-state index >= 15 is 0 Å². The molecule has 0 spiro atoms. The van der Waals surface area contributed by atoms with Gasteiger partial charge in [0.05, 0.1) is 24.5 Å². The first-order valence-corrected chi connectivity index (χ1v) is 7.38. The molecule has 0 radical (unpaired) electrons. The lowest BCUT2D eigenvalue weighted by molar-refractivity contribution is -0.125. The van der Waals surface area contributed by atoms with Crippen LogP contribution >= 0.6 is 0 Å². The molecule has 0 saturated carbocycles. The van der Waals surface area contributed by atoms with Crippen LogP contribution in [0, 0.1) is 11.3 Å². The van der Waals surface area contributed by atoms with Crippen molar-refractivity contribution in [2.75, 3.05) is 12.4 Å². The summed E-state index contributed by atoms with van der Waals surface area (Å²) in [5.74, 6) is 0.446. The summed E-state index contributed by atoms with van der Waals surface area (Å²) in [4.78, 5) is 17.5. The molecule has 6 heteroatoms. The van der Waals surface area contributed by atoms with Crippen molar-refractivity contribution in [1.82, 2.24) is 0 Å². The molecule has 1 atom stereocenters. The molecule has 0 saturated heterocycles. The van der Waals surface area contributed by atoms with Crippen molar-refractivity contribution in [1.29, 1.82) is 5.26 Å². The fourth-order valence-corrected chi connectivity index (χ4v) is 2.34. The van der Waals surface area contributed by atoms with Crippen LogP contribution in [0.4, 0.5) is 5.69 Å². The van der Waals surface area contributed by atoms with Crippen LogP contribution in [0.3, 0.4) is 0 Å². The maximum Gasteiger partial charge on any atom is 0.268 e. The Bertz CT molecular complexity index is 822. The van der Waals surface area contributed by atoms with E-state index in [4.69, 9.17) is 14.8 Å². The summed E-state index contributed by atoms with van der Waals surface area (Å²) in [6, 6.07) is 16.1. The van der Waals surface area contributed by atoms with Gasteiger partial charge in [-0.15, -0.1) is 0 Å². The molecule has 0 fully saturated rings. The van der Waals surface area contributed by atoms with Crippen LogP contribution < -0.4 is 10.1 Å². The van der Waals surface area contributed by atoms with Crippen LogP contribution in [0.2, 0.25) is 0 Å². The number of nitrogens with one attached hydrogen (secondary N) is 1. The lowest BCUT2D eigenvalue weighted by Gasteiger charge is -2.09. The summed E-state index contributed by atoms with van der Waals surface area (Å²) in [6.45, 7) is 0. The number of nitriles is 1. The van der Waals surface area contributed by atoms with E-state index in [2.05, 4.69) is 10.5 Å². The van der Waals surface area contributed by atoms with Crippen molar-refractivity contribution in [2.24, 2.45) is 5.16 Å². The Morgan fingerprint density at radius 3 is 2.83 bits per heavy atom. The molecular formula is C18H15N3O3. The summed E-state index contributed by atoms with van der Waals surface area (Å²) in [5.41, 5.74) is 2.71. The van der Waals surface area contributed by atoms with Crippen LogP contribution in [0.15, 0.2) is 53.7 Å². The number of carbonyl (C=O) groups is 1. The number of rotatable bonds is 4. The maximum absolute atomic E-state index is 12.3. The van der Waals surface area contributed by atoms with E-state index in [0.29, 0.717) is 23.4 Å². The van der Waals surface area contributed by atoms with Gasteiger partial charge in [0.2, 0.25) is 6.10 Å². The molecular weight excluding hydrogens is 306 g/mol. The van der Waals surface area contributed by atoms with Crippen molar-refractivity contribution >= 4 is 17.3 Å². The van der Waals surface area contributed by atoms with Gasteiger partial charge in [-0.3, -0.25) is 4.79 Å². The zero-order chi connectivity index (χ0) is 16.9. The van der Waals surface area contributed by atoms with E-state index in [1.807, 2.05) is 30.3 Å². The van der Waals surface area contributed by atoms with Gasteiger partial charge in [-0.2, -0.15) is 5.26 Å². The molecule has 0 bridgehead atoms. The Hall–Kier alpha value is -3.33.